The molecule has 0 aromatic heterocycles. The van der Waals surface area contributed by atoms with Gasteiger partial charge < -0.3 is 0 Å². The third-order valence-electron chi connectivity index (χ3n) is 2.82. The summed E-state index contributed by atoms with van der Waals surface area (Å²) in [6, 6.07) is 7.14. The van der Waals surface area contributed by atoms with Crippen molar-refractivity contribution in [2.75, 3.05) is 0 Å². The molecular formula is C17H10F4O. The third kappa shape index (κ3) is 3.69. The van der Waals surface area contributed by atoms with Gasteiger partial charge in [0.1, 0.15) is 0 Å². The van der Waals surface area contributed by atoms with Gasteiger partial charge in [0.15, 0.2) is 29.1 Å². The van der Waals surface area contributed by atoms with Crippen molar-refractivity contribution in [2.45, 2.75) is 0 Å². The maximum atomic E-state index is 13.4. The molecule has 0 radical (unpaired) electrons. The molecule has 0 heterocycles. The molecule has 5 heteroatoms. The highest BCUT2D eigenvalue weighted by Crippen LogP contribution is 2.14. The van der Waals surface area contributed by atoms with Gasteiger partial charge in [-0.25, -0.2) is 17.6 Å². The Bertz CT molecular complexity index is 700. The van der Waals surface area contributed by atoms with Gasteiger partial charge in [-0.05, 0) is 36.4 Å². The number of benzene rings is 2. The molecule has 0 saturated carbocycles. The Morgan fingerprint density at radius 3 is 1.55 bits per heavy atom. The molecule has 0 N–H and O–H groups in total. The third-order valence-corrected chi connectivity index (χ3v) is 2.82. The first kappa shape index (κ1) is 15.7. The number of ketones is 1. The molecular weight excluding hydrogens is 296 g/mol. The summed E-state index contributed by atoms with van der Waals surface area (Å²) in [5, 5.41) is 0. The Balaban J connectivity index is 2.13. The Morgan fingerprint density at radius 1 is 0.727 bits per heavy atom. The topological polar surface area (TPSA) is 17.1 Å². The van der Waals surface area contributed by atoms with Crippen LogP contribution < -0.4 is 0 Å². The van der Waals surface area contributed by atoms with Gasteiger partial charge in [0, 0.05) is 11.1 Å². The van der Waals surface area contributed by atoms with Gasteiger partial charge in [0.2, 0.25) is 0 Å². The van der Waals surface area contributed by atoms with Gasteiger partial charge in [-0.1, -0.05) is 24.3 Å². The lowest BCUT2D eigenvalue weighted by Gasteiger charge is -1.97. The standard InChI is InChI=1S/C17H10F4O/c18-14-5-1-3-11(16(14)20)7-9-13(22)10-8-12-4-2-6-15(19)17(12)21/h1-10H. The molecule has 0 fully saturated rings. The fraction of sp³-hybridized carbons (Fsp3) is 0. The van der Waals surface area contributed by atoms with Crippen LogP contribution in [0.3, 0.4) is 0 Å². The normalized spacial score (nSPS) is 11.5. The SMILES string of the molecule is O=C(C=Cc1cccc(F)c1F)C=Cc1cccc(F)c1F. The van der Waals surface area contributed by atoms with E-state index in [1.54, 1.807) is 0 Å². The average Bonchev–Trinajstić information content (AvgIpc) is 2.50. The highest BCUT2D eigenvalue weighted by Gasteiger charge is 2.06. The van der Waals surface area contributed by atoms with Crippen molar-refractivity contribution in [1.82, 2.24) is 0 Å². The molecule has 0 aliphatic heterocycles. The minimum Gasteiger partial charge on any atom is -0.290 e. The van der Waals surface area contributed by atoms with Crippen molar-refractivity contribution in [1.29, 1.82) is 0 Å². The number of allylic oxidation sites excluding steroid dienone is 2. The van der Waals surface area contributed by atoms with Gasteiger partial charge in [-0.3, -0.25) is 4.79 Å². The molecule has 2 aromatic rings. The van der Waals surface area contributed by atoms with Crippen LogP contribution in [0, 0.1) is 23.3 Å². The summed E-state index contributed by atoms with van der Waals surface area (Å²) in [7, 11) is 0. The average molecular weight is 306 g/mol. The lowest BCUT2D eigenvalue weighted by atomic mass is 10.1. The van der Waals surface area contributed by atoms with E-state index in [0.29, 0.717) is 0 Å². The number of carbonyl (C=O) groups excluding carboxylic acids is 1. The maximum Gasteiger partial charge on any atom is 0.178 e. The maximum absolute atomic E-state index is 13.4. The smallest absolute Gasteiger partial charge is 0.178 e. The summed E-state index contributed by atoms with van der Waals surface area (Å²) in [5.41, 5.74) is -0.169. The molecule has 0 bridgehead atoms. The zero-order valence-corrected chi connectivity index (χ0v) is 11.2. The van der Waals surface area contributed by atoms with E-state index in [1.807, 2.05) is 0 Å². The second-order valence-electron chi connectivity index (χ2n) is 4.36. The fourth-order valence-corrected chi connectivity index (χ4v) is 1.70. The zero-order chi connectivity index (χ0) is 16.1. The predicted molar refractivity (Wildman–Crippen MR) is 75.8 cm³/mol. The van der Waals surface area contributed by atoms with Crippen molar-refractivity contribution in [3.05, 3.63) is 82.9 Å². The number of rotatable bonds is 4. The summed E-state index contributed by atoms with van der Waals surface area (Å²) >= 11 is 0. The molecule has 0 atom stereocenters. The van der Waals surface area contributed by atoms with E-state index in [4.69, 9.17) is 0 Å². The molecule has 0 aliphatic carbocycles. The first-order chi connectivity index (χ1) is 10.5. The van der Waals surface area contributed by atoms with E-state index < -0.39 is 29.1 Å². The fourth-order valence-electron chi connectivity index (χ4n) is 1.70. The zero-order valence-electron chi connectivity index (χ0n) is 11.2. The monoisotopic (exact) mass is 306 g/mol. The first-order valence-corrected chi connectivity index (χ1v) is 6.27. The molecule has 0 amide bonds. The lowest BCUT2D eigenvalue weighted by Crippen LogP contribution is -1.91. The number of hydrogen-bond acceptors (Lipinski definition) is 1. The molecule has 112 valence electrons. The molecule has 0 unspecified atom stereocenters. The van der Waals surface area contributed by atoms with Gasteiger partial charge in [-0.15, -0.1) is 0 Å². The van der Waals surface area contributed by atoms with Crippen LogP contribution in [0.1, 0.15) is 11.1 Å². The molecule has 0 saturated heterocycles. The predicted octanol–water partition coefficient (Wildman–Crippen LogP) is 4.54. The van der Waals surface area contributed by atoms with Gasteiger partial charge >= 0.3 is 0 Å². The Labute approximate surface area is 124 Å². The minimum absolute atomic E-state index is 0.0845. The van der Waals surface area contributed by atoms with Crippen LogP contribution in [0.4, 0.5) is 17.6 Å². The summed E-state index contributed by atoms with van der Waals surface area (Å²) in [6.45, 7) is 0. The molecule has 22 heavy (non-hydrogen) atoms. The van der Waals surface area contributed by atoms with E-state index in [2.05, 4.69) is 0 Å². The van der Waals surface area contributed by atoms with E-state index in [9.17, 15) is 22.4 Å². The summed E-state index contributed by atoms with van der Waals surface area (Å²) < 4.78 is 52.6. The summed E-state index contributed by atoms with van der Waals surface area (Å²) in [4.78, 5) is 11.6. The first-order valence-electron chi connectivity index (χ1n) is 6.27. The Morgan fingerprint density at radius 2 is 1.14 bits per heavy atom. The number of halogens is 4. The lowest BCUT2D eigenvalue weighted by molar-refractivity contribution is -0.110. The van der Waals surface area contributed by atoms with E-state index >= 15 is 0 Å². The molecule has 2 aromatic carbocycles. The molecule has 0 spiro atoms. The second-order valence-corrected chi connectivity index (χ2v) is 4.36. The van der Waals surface area contributed by atoms with Crippen LogP contribution in [-0.4, -0.2) is 5.78 Å². The molecule has 2 rings (SSSR count). The summed E-state index contributed by atoms with van der Waals surface area (Å²) in [5.74, 6) is -4.75. The van der Waals surface area contributed by atoms with Crippen molar-refractivity contribution in [3.8, 4) is 0 Å². The van der Waals surface area contributed by atoms with Crippen LogP contribution in [-0.2, 0) is 4.79 Å². The van der Waals surface area contributed by atoms with Gasteiger partial charge in [-0.2, -0.15) is 0 Å². The molecule has 0 aliphatic rings. The van der Waals surface area contributed by atoms with Crippen molar-refractivity contribution in [3.63, 3.8) is 0 Å². The second kappa shape index (κ2) is 6.85. The van der Waals surface area contributed by atoms with Crippen LogP contribution in [0.25, 0.3) is 12.2 Å². The summed E-state index contributed by atoms with van der Waals surface area (Å²) in [6.07, 6.45) is 4.22. The van der Waals surface area contributed by atoms with Crippen molar-refractivity contribution < 1.29 is 22.4 Å². The minimum atomic E-state index is -1.06. The van der Waals surface area contributed by atoms with Crippen LogP contribution in [0.15, 0.2) is 48.6 Å². The van der Waals surface area contributed by atoms with E-state index in [-0.39, 0.29) is 11.1 Å². The quantitative estimate of drug-likeness (QED) is 0.599. The van der Waals surface area contributed by atoms with Crippen LogP contribution >= 0.6 is 0 Å². The molecule has 1 nitrogen and oxygen atoms in total. The number of hydrogen-bond donors (Lipinski definition) is 0. The van der Waals surface area contributed by atoms with E-state index in [0.717, 1.165) is 36.4 Å². The van der Waals surface area contributed by atoms with Crippen molar-refractivity contribution in [2.24, 2.45) is 0 Å². The van der Waals surface area contributed by atoms with Crippen LogP contribution in [0.5, 0.6) is 0 Å². The number of carbonyl (C=O) groups is 1. The van der Waals surface area contributed by atoms with Gasteiger partial charge in [0.25, 0.3) is 0 Å². The van der Waals surface area contributed by atoms with Crippen LogP contribution in [0.2, 0.25) is 0 Å². The highest BCUT2D eigenvalue weighted by molar-refractivity contribution is 6.04. The largest absolute Gasteiger partial charge is 0.290 e. The van der Waals surface area contributed by atoms with Crippen molar-refractivity contribution >= 4 is 17.9 Å². The van der Waals surface area contributed by atoms with Gasteiger partial charge in [0.05, 0.1) is 0 Å². The Kier molecular flexibility index (Phi) is 4.88. The highest BCUT2D eigenvalue weighted by atomic mass is 19.2. The van der Waals surface area contributed by atoms with E-state index in [1.165, 1.54) is 24.3 Å². The Hall–Kier alpha value is -2.69.